The van der Waals surface area contributed by atoms with E-state index in [1.54, 1.807) is 12.1 Å². The second kappa shape index (κ2) is 9.99. The van der Waals surface area contributed by atoms with Crippen LogP contribution in [0.1, 0.15) is 44.6 Å². The molecule has 0 saturated heterocycles. The summed E-state index contributed by atoms with van der Waals surface area (Å²) in [5.74, 6) is 5.75. The molecule has 0 aromatic heterocycles. The molecule has 0 saturated carbocycles. The first kappa shape index (κ1) is 16.2. The first-order chi connectivity index (χ1) is 9.74. The second-order valence-electron chi connectivity index (χ2n) is 4.58. The maximum absolute atomic E-state index is 10.6. The standard InChI is InChI=1S/C16H21NO3/c1-2-3-4-5-6-12-20-13-8-10-15-9-7-11-16(14-15)17(18)19/h7,9,11,14H,2-6,12-13H2,1H3. The Labute approximate surface area is 120 Å². The van der Waals surface area contributed by atoms with Gasteiger partial charge in [-0.3, -0.25) is 10.1 Å². The molecule has 0 radical (unpaired) electrons. The summed E-state index contributed by atoms with van der Waals surface area (Å²) in [5, 5.41) is 10.6. The van der Waals surface area contributed by atoms with E-state index >= 15 is 0 Å². The van der Waals surface area contributed by atoms with E-state index in [0.29, 0.717) is 12.2 Å². The minimum absolute atomic E-state index is 0.0636. The van der Waals surface area contributed by atoms with Crippen molar-refractivity contribution in [3.63, 3.8) is 0 Å². The number of non-ortho nitro benzene ring substituents is 1. The van der Waals surface area contributed by atoms with Crippen LogP contribution in [0.3, 0.4) is 0 Å². The van der Waals surface area contributed by atoms with Gasteiger partial charge in [-0.05, 0) is 12.5 Å². The number of unbranched alkanes of at least 4 members (excludes halogenated alkanes) is 4. The second-order valence-corrected chi connectivity index (χ2v) is 4.58. The van der Waals surface area contributed by atoms with Gasteiger partial charge in [0, 0.05) is 24.3 Å². The van der Waals surface area contributed by atoms with Crippen molar-refractivity contribution in [2.75, 3.05) is 13.2 Å². The first-order valence-corrected chi connectivity index (χ1v) is 7.05. The van der Waals surface area contributed by atoms with Crippen molar-refractivity contribution in [1.82, 2.24) is 0 Å². The summed E-state index contributed by atoms with van der Waals surface area (Å²) in [6.45, 7) is 3.30. The molecule has 0 amide bonds. The largest absolute Gasteiger partial charge is 0.369 e. The van der Waals surface area contributed by atoms with Gasteiger partial charge in [0.25, 0.3) is 5.69 Å². The van der Waals surface area contributed by atoms with Gasteiger partial charge < -0.3 is 4.74 Å². The molecular weight excluding hydrogens is 254 g/mol. The van der Waals surface area contributed by atoms with E-state index in [2.05, 4.69) is 18.8 Å². The van der Waals surface area contributed by atoms with Gasteiger partial charge in [0.05, 0.1) is 4.92 Å². The smallest absolute Gasteiger partial charge is 0.270 e. The number of nitrogens with zero attached hydrogens (tertiary/aromatic N) is 1. The fraction of sp³-hybridized carbons (Fsp3) is 0.500. The van der Waals surface area contributed by atoms with Crippen LogP contribution in [-0.2, 0) is 4.74 Å². The number of nitro groups is 1. The molecule has 0 heterocycles. The molecule has 108 valence electrons. The summed E-state index contributed by atoms with van der Waals surface area (Å²) < 4.78 is 5.41. The van der Waals surface area contributed by atoms with Gasteiger partial charge in [-0.25, -0.2) is 0 Å². The number of ether oxygens (including phenoxy) is 1. The maximum Gasteiger partial charge on any atom is 0.270 e. The molecule has 0 aliphatic rings. The van der Waals surface area contributed by atoms with Crippen LogP contribution in [0.25, 0.3) is 0 Å². The van der Waals surface area contributed by atoms with Gasteiger partial charge in [-0.1, -0.05) is 50.5 Å². The van der Waals surface area contributed by atoms with E-state index in [4.69, 9.17) is 4.74 Å². The average Bonchev–Trinajstić information content (AvgIpc) is 2.46. The molecule has 0 fully saturated rings. The number of rotatable bonds is 8. The normalized spacial score (nSPS) is 9.85. The highest BCUT2D eigenvalue weighted by Gasteiger charge is 2.03. The van der Waals surface area contributed by atoms with Gasteiger partial charge in [0.1, 0.15) is 6.61 Å². The van der Waals surface area contributed by atoms with Crippen LogP contribution in [-0.4, -0.2) is 18.1 Å². The molecule has 4 heteroatoms. The van der Waals surface area contributed by atoms with E-state index in [9.17, 15) is 10.1 Å². The minimum atomic E-state index is -0.419. The Kier molecular flexibility index (Phi) is 8.09. The summed E-state index contributed by atoms with van der Waals surface area (Å²) in [5.41, 5.74) is 0.708. The van der Waals surface area contributed by atoms with Crippen molar-refractivity contribution < 1.29 is 9.66 Å². The van der Waals surface area contributed by atoms with E-state index in [0.717, 1.165) is 13.0 Å². The summed E-state index contributed by atoms with van der Waals surface area (Å²) in [4.78, 5) is 10.2. The Hall–Kier alpha value is -1.86. The molecule has 1 rings (SSSR count). The molecular formula is C16H21NO3. The monoisotopic (exact) mass is 275 g/mol. The van der Waals surface area contributed by atoms with Crippen LogP contribution in [0.5, 0.6) is 0 Å². The fourth-order valence-electron chi connectivity index (χ4n) is 1.77. The van der Waals surface area contributed by atoms with Crippen LogP contribution in [0.15, 0.2) is 24.3 Å². The third-order valence-corrected chi connectivity index (χ3v) is 2.86. The zero-order valence-corrected chi connectivity index (χ0v) is 11.9. The van der Waals surface area contributed by atoms with E-state index in [1.807, 2.05) is 0 Å². The number of nitro benzene ring substituents is 1. The zero-order valence-electron chi connectivity index (χ0n) is 11.9. The SMILES string of the molecule is CCCCCCCOCC#Cc1cccc([N+](=O)[O-])c1. The predicted molar refractivity (Wildman–Crippen MR) is 79.6 cm³/mol. The first-order valence-electron chi connectivity index (χ1n) is 7.05. The molecule has 20 heavy (non-hydrogen) atoms. The topological polar surface area (TPSA) is 52.4 Å². The molecule has 0 bridgehead atoms. The van der Waals surface area contributed by atoms with Gasteiger partial charge >= 0.3 is 0 Å². The lowest BCUT2D eigenvalue weighted by Crippen LogP contribution is -1.94. The lowest BCUT2D eigenvalue weighted by molar-refractivity contribution is -0.384. The Morgan fingerprint density at radius 1 is 1.25 bits per heavy atom. The summed E-state index contributed by atoms with van der Waals surface area (Å²) >= 11 is 0. The molecule has 1 aromatic rings. The van der Waals surface area contributed by atoms with Crippen LogP contribution in [0, 0.1) is 22.0 Å². The van der Waals surface area contributed by atoms with Crippen LogP contribution in [0.4, 0.5) is 5.69 Å². The number of hydrogen-bond acceptors (Lipinski definition) is 3. The fourth-order valence-corrected chi connectivity index (χ4v) is 1.77. The highest BCUT2D eigenvalue weighted by molar-refractivity contribution is 5.43. The van der Waals surface area contributed by atoms with E-state index in [-0.39, 0.29) is 5.69 Å². The quantitative estimate of drug-likeness (QED) is 0.312. The molecule has 4 nitrogen and oxygen atoms in total. The van der Waals surface area contributed by atoms with Gasteiger partial charge in [0.2, 0.25) is 0 Å². The molecule has 1 aromatic carbocycles. The van der Waals surface area contributed by atoms with Crippen molar-refractivity contribution in [2.24, 2.45) is 0 Å². The summed E-state index contributed by atoms with van der Waals surface area (Å²) in [6.07, 6.45) is 6.06. The summed E-state index contributed by atoms with van der Waals surface area (Å²) in [7, 11) is 0. The Balaban J connectivity index is 2.22. The number of benzene rings is 1. The zero-order chi connectivity index (χ0) is 14.6. The summed E-state index contributed by atoms with van der Waals surface area (Å²) in [6, 6.07) is 6.32. The highest BCUT2D eigenvalue weighted by Crippen LogP contribution is 2.11. The molecule has 0 spiro atoms. The Morgan fingerprint density at radius 3 is 2.80 bits per heavy atom. The van der Waals surface area contributed by atoms with Gasteiger partial charge in [0.15, 0.2) is 0 Å². The maximum atomic E-state index is 10.6. The molecule has 0 atom stereocenters. The van der Waals surface area contributed by atoms with E-state index < -0.39 is 4.92 Å². The van der Waals surface area contributed by atoms with Gasteiger partial charge in [-0.2, -0.15) is 0 Å². The Morgan fingerprint density at radius 2 is 2.05 bits per heavy atom. The van der Waals surface area contributed by atoms with Crippen molar-refractivity contribution in [1.29, 1.82) is 0 Å². The highest BCUT2D eigenvalue weighted by atomic mass is 16.6. The lowest BCUT2D eigenvalue weighted by Gasteiger charge is -1.99. The molecule has 0 unspecified atom stereocenters. The van der Waals surface area contributed by atoms with Crippen molar-refractivity contribution in [3.05, 3.63) is 39.9 Å². The van der Waals surface area contributed by atoms with Crippen molar-refractivity contribution in [3.8, 4) is 11.8 Å². The average molecular weight is 275 g/mol. The molecule has 0 aliphatic carbocycles. The van der Waals surface area contributed by atoms with Crippen molar-refractivity contribution in [2.45, 2.75) is 39.0 Å². The molecule has 0 N–H and O–H groups in total. The Bertz CT molecular complexity index is 474. The van der Waals surface area contributed by atoms with Crippen molar-refractivity contribution >= 4 is 5.69 Å². The number of hydrogen-bond donors (Lipinski definition) is 0. The third kappa shape index (κ3) is 6.91. The van der Waals surface area contributed by atoms with Crippen LogP contribution < -0.4 is 0 Å². The minimum Gasteiger partial charge on any atom is -0.369 e. The third-order valence-electron chi connectivity index (χ3n) is 2.86. The van der Waals surface area contributed by atoms with Crippen LogP contribution >= 0.6 is 0 Å². The molecule has 0 aliphatic heterocycles. The lowest BCUT2D eigenvalue weighted by atomic mass is 10.2. The van der Waals surface area contributed by atoms with Crippen LogP contribution in [0.2, 0.25) is 0 Å². The van der Waals surface area contributed by atoms with E-state index in [1.165, 1.54) is 37.8 Å². The van der Waals surface area contributed by atoms with Gasteiger partial charge in [-0.15, -0.1) is 0 Å². The predicted octanol–water partition coefficient (Wildman–Crippen LogP) is 3.93.